The zero-order chi connectivity index (χ0) is 30.3. The second-order valence-corrected chi connectivity index (χ2v) is 12.9. The molecule has 3 aliphatic carbocycles. The first kappa shape index (κ1) is 27.0. The van der Waals surface area contributed by atoms with Gasteiger partial charge in [-0.05, 0) is 77.2 Å². The van der Waals surface area contributed by atoms with Crippen LogP contribution < -0.4 is 14.5 Å². The fourth-order valence-electron chi connectivity index (χ4n) is 7.79. The maximum absolute atomic E-state index is 14.1. The Bertz CT molecular complexity index is 1790. The Kier molecular flexibility index (Phi) is 6.14. The Balaban J connectivity index is 1.04. The first-order valence-electron chi connectivity index (χ1n) is 14.8. The van der Waals surface area contributed by atoms with Gasteiger partial charge >= 0.3 is 5.97 Å². The first-order valence-corrected chi connectivity index (χ1v) is 15.5. The summed E-state index contributed by atoms with van der Waals surface area (Å²) in [5, 5.41) is 0. The summed E-state index contributed by atoms with van der Waals surface area (Å²) in [6.45, 7) is 2.05. The highest BCUT2D eigenvalue weighted by molar-refractivity contribution is 9.10. The van der Waals surface area contributed by atoms with E-state index in [0.29, 0.717) is 17.0 Å². The number of imide groups is 1. The number of rotatable bonds is 4. The molecule has 9 rings (SSSR count). The molecule has 3 amide bonds. The molecule has 2 saturated heterocycles. The molecule has 4 aromatic rings. The molecule has 0 unspecified atom stereocenters. The molecule has 0 aromatic heterocycles. The van der Waals surface area contributed by atoms with Gasteiger partial charge in [-0.3, -0.25) is 19.2 Å². The van der Waals surface area contributed by atoms with E-state index in [1.165, 1.54) is 4.90 Å². The number of carbonyl (C=O) groups excluding carboxylic acids is 4. The van der Waals surface area contributed by atoms with Crippen molar-refractivity contribution < 1.29 is 23.9 Å². The van der Waals surface area contributed by atoms with Crippen molar-refractivity contribution in [2.75, 3.05) is 16.3 Å². The highest BCUT2D eigenvalue weighted by Gasteiger charge is 2.61. The molecule has 0 spiro atoms. The highest BCUT2D eigenvalue weighted by Crippen LogP contribution is 2.61. The smallest absolute Gasteiger partial charge is 0.316 e. The molecule has 2 fully saturated rings. The zero-order valence-electron chi connectivity index (χ0n) is 23.8. The van der Waals surface area contributed by atoms with Gasteiger partial charge in [-0.2, -0.15) is 0 Å². The standard InChI is InChI=1S/C36H27BrN2O5/c1-19-16-23(44-36(43)20-17-29(40)38(18-20)22-12-10-21(37)11-13-22)14-15-28(19)39-34(41)32-30-24-6-2-3-7-25(24)31(33(32)35(39)42)27-9-5-4-8-26(27)30/h2-16,20,30-33H,17-18H2,1H3/t20-,30?,31?,32+,33+/m1/s1. The lowest BCUT2D eigenvalue weighted by Gasteiger charge is -2.45. The van der Waals surface area contributed by atoms with E-state index in [1.54, 1.807) is 23.1 Å². The van der Waals surface area contributed by atoms with Crippen LogP contribution in [0.4, 0.5) is 11.4 Å². The monoisotopic (exact) mass is 646 g/mol. The van der Waals surface area contributed by atoms with E-state index < -0.39 is 23.7 Å². The van der Waals surface area contributed by atoms with Crippen LogP contribution in [0.25, 0.3) is 0 Å². The van der Waals surface area contributed by atoms with E-state index in [4.69, 9.17) is 4.74 Å². The quantitative estimate of drug-likeness (QED) is 0.152. The van der Waals surface area contributed by atoms with Crippen LogP contribution in [0.3, 0.4) is 0 Å². The SMILES string of the molecule is Cc1cc(OC(=O)[C@@H]2CC(=O)N(c3ccc(Br)cc3)C2)ccc1N1C(=O)[C@H]2C3c4ccccc4C(c4ccccc43)[C@@H]2C1=O. The maximum Gasteiger partial charge on any atom is 0.316 e. The van der Waals surface area contributed by atoms with Crippen molar-refractivity contribution in [3.05, 3.63) is 123 Å². The van der Waals surface area contributed by atoms with E-state index in [2.05, 4.69) is 40.2 Å². The summed E-state index contributed by atoms with van der Waals surface area (Å²) in [6.07, 6.45) is 0.0681. The third-order valence-electron chi connectivity index (χ3n) is 9.67. The van der Waals surface area contributed by atoms with Gasteiger partial charge in [0, 0.05) is 35.0 Å². The summed E-state index contributed by atoms with van der Waals surface area (Å²) >= 11 is 3.40. The van der Waals surface area contributed by atoms with Crippen molar-refractivity contribution in [2.45, 2.75) is 25.2 Å². The Hall–Kier alpha value is -4.56. The van der Waals surface area contributed by atoms with E-state index in [9.17, 15) is 19.2 Å². The van der Waals surface area contributed by atoms with Gasteiger partial charge in [0.1, 0.15) is 5.75 Å². The van der Waals surface area contributed by atoms with Crippen LogP contribution in [0.5, 0.6) is 5.75 Å². The highest BCUT2D eigenvalue weighted by atomic mass is 79.9. The average Bonchev–Trinajstić information content (AvgIpc) is 3.55. The van der Waals surface area contributed by atoms with Crippen molar-refractivity contribution in [2.24, 2.45) is 17.8 Å². The number of amides is 3. The third-order valence-corrected chi connectivity index (χ3v) is 10.2. The number of ether oxygens (including phenoxy) is 1. The molecule has 218 valence electrons. The van der Waals surface area contributed by atoms with Crippen LogP contribution in [0.1, 0.15) is 46.1 Å². The number of anilines is 2. The minimum Gasteiger partial charge on any atom is -0.426 e. The molecular formula is C36H27BrN2O5. The number of carbonyl (C=O) groups is 4. The van der Waals surface area contributed by atoms with Crippen LogP contribution in [0, 0.1) is 24.7 Å². The van der Waals surface area contributed by atoms with Gasteiger partial charge in [-0.1, -0.05) is 64.5 Å². The Morgan fingerprint density at radius 1 is 0.773 bits per heavy atom. The lowest BCUT2D eigenvalue weighted by Crippen LogP contribution is -2.41. The van der Waals surface area contributed by atoms with Crippen LogP contribution in [-0.4, -0.2) is 30.2 Å². The Labute approximate surface area is 262 Å². The summed E-state index contributed by atoms with van der Waals surface area (Å²) in [4.78, 5) is 57.0. The van der Waals surface area contributed by atoms with Crippen molar-refractivity contribution in [3.63, 3.8) is 0 Å². The normalized spacial score (nSPS) is 24.8. The topological polar surface area (TPSA) is 84.0 Å². The van der Waals surface area contributed by atoms with Gasteiger partial charge in [-0.25, -0.2) is 4.90 Å². The van der Waals surface area contributed by atoms with Crippen LogP contribution in [0.15, 0.2) is 95.5 Å². The lowest BCUT2D eigenvalue weighted by atomic mass is 9.55. The summed E-state index contributed by atoms with van der Waals surface area (Å²) in [6, 6.07) is 28.7. The molecule has 0 N–H and O–H groups in total. The number of esters is 1. The van der Waals surface area contributed by atoms with Gasteiger partial charge in [0.25, 0.3) is 0 Å². The van der Waals surface area contributed by atoms with Gasteiger partial charge in [0.15, 0.2) is 0 Å². The fraction of sp³-hybridized carbons (Fsp3) is 0.222. The predicted octanol–water partition coefficient (Wildman–Crippen LogP) is 6.11. The number of hydrogen-bond acceptors (Lipinski definition) is 5. The van der Waals surface area contributed by atoms with E-state index in [1.807, 2.05) is 55.5 Å². The lowest BCUT2D eigenvalue weighted by molar-refractivity contribution is -0.139. The van der Waals surface area contributed by atoms with Crippen molar-refractivity contribution in [3.8, 4) is 5.75 Å². The number of nitrogens with zero attached hydrogens (tertiary/aromatic N) is 2. The molecule has 3 atom stereocenters. The summed E-state index contributed by atoms with van der Waals surface area (Å²) in [5.74, 6) is -2.59. The minimum atomic E-state index is -0.602. The fourth-order valence-corrected chi connectivity index (χ4v) is 8.06. The van der Waals surface area contributed by atoms with Crippen LogP contribution in [-0.2, 0) is 19.2 Å². The molecule has 2 aliphatic heterocycles. The van der Waals surface area contributed by atoms with Crippen LogP contribution in [0.2, 0.25) is 0 Å². The van der Waals surface area contributed by atoms with E-state index in [-0.39, 0.29) is 42.5 Å². The molecule has 0 saturated carbocycles. The minimum absolute atomic E-state index is 0.0681. The molecule has 0 radical (unpaired) electrons. The molecule has 4 aromatic carbocycles. The van der Waals surface area contributed by atoms with Crippen LogP contribution >= 0.6 is 15.9 Å². The molecule has 5 aliphatic rings. The van der Waals surface area contributed by atoms with E-state index in [0.717, 1.165) is 32.4 Å². The average molecular weight is 648 g/mol. The van der Waals surface area contributed by atoms with Gasteiger partial charge in [0.2, 0.25) is 17.7 Å². The van der Waals surface area contributed by atoms with Crippen molar-refractivity contribution in [1.29, 1.82) is 0 Å². The van der Waals surface area contributed by atoms with Crippen molar-refractivity contribution >= 4 is 51.0 Å². The summed E-state index contributed by atoms with van der Waals surface area (Å²) in [5.41, 5.74) is 6.39. The molecule has 7 nitrogen and oxygen atoms in total. The Morgan fingerprint density at radius 3 is 1.84 bits per heavy atom. The number of hydrogen-bond donors (Lipinski definition) is 0. The maximum atomic E-state index is 14.1. The zero-order valence-corrected chi connectivity index (χ0v) is 25.4. The van der Waals surface area contributed by atoms with Crippen molar-refractivity contribution in [1.82, 2.24) is 0 Å². The number of halogens is 1. The van der Waals surface area contributed by atoms with Gasteiger partial charge < -0.3 is 9.64 Å². The first-order chi connectivity index (χ1) is 21.3. The largest absolute Gasteiger partial charge is 0.426 e. The molecule has 8 heteroatoms. The molecular weight excluding hydrogens is 620 g/mol. The second-order valence-electron chi connectivity index (χ2n) is 12.0. The van der Waals surface area contributed by atoms with Gasteiger partial charge in [0.05, 0.1) is 23.4 Å². The molecule has 2 heterocycles. The molecule has 2 bridgehead atoms. The number of aryl methyl sites for hydroxylation is 1. The predicted molar refractivity (Wildman–Crippen MR) is 167 cm³/mol. The Morgan fingerprint density at radius 2 is 1.32 bits per heavy atom. The van der Waals surface area contributed by atoms with E-state index >= 15 is 0 Å². The second kappa shape index (κ2) is 9.99. The number of benzene rings is 4. The summed E-state index contributed by atoms with van der Waals surface area (Å²) < 4.78 is 6.62. The summed E-state index contributed by atoms with van der Waals surface area (Å²) in [7, 11) is 0. The third kappa shape index (κ3) is 3.93. The van der Waals surface area contributed by atoms with Gasteiger partial charge in [-0.15, -0.1) is 0 Å². The molecule has 44 heavy (non-hydrogen) atoms.